The van der Waals surface area contributed by atoms with Crippen molar-refractivity contribution in [2.45, 2.75) is 6.42 Å². The maximum atomic E-state index is 13.1. The van der Waals surface area contributed by atoms with Crippen LogP contribution in [0.5, 0.6) is 5.75 Å². The van der Waals surface area contributed by atoms with E-state index in [0.717, 1.165) is 12.0 Å². The van der Waals surface area contributed by atoms with E-state index in [2.05, 4.69) is 5.32 Å². The Hall–Kier alpha value is -1.94. The highest BCUT2D eigenvalue weighted by Gasteiger charge is 2.05. The van der Waals surface area contributed by atoms with Crippen molar-refractivity contribution in [1.29, 1.82) is 0 Å². The molecule has 2 rings (SSSR count). The smallest absolute Gasteiger partial charge is 0.143 e. The zero-order chi connectivity index (χ0) is 13.8. The first-order valence-corrected chi connectivity index (χ1v) is 6.20. The molecule has 0 bridgehead atoms. The SMILES string of the molecule is Nc1cc(F)c(Cl)cc1NCCc1ccc(O)cc1. The minimum atomic E-state index is -0.525. The molecule has 0 aromatic heterocycles. The Morgan fingerprint density at radius 3 is 2.58 bits per heavy atom. The van der Waals surface area contributed by atoms with Crippen molar-refractivity contribution in [3.05, 3.63) is 52.8 Å². The van der Waals surface area contributed by atoms with Crippen molar-refractivity contribution < 1.29 is 9.50 Å². The lowest BCUT2D eigenvalue weighted by molar-refractivity contribution is 0.475. The Balaban J connectivity index is 1.96. The highest BCUT2D eigenvalue weighted by Crippen LogP contribution is 2.26. The topological polar surface area (TPSA) is 58.3 Å². The van der Waals surface area contributed by atoms with Gasteiger partial charge < -0.3 is 16.2 Å². The lowest BCUT2D eigenvalue weighted by Gasteiger charge is -2.10. The lowest BCUT2D eigenvalue weighted by Crippen LogP contribution is -2.07. The molecule has 0 heterocycles. The molecule has 0 atom stereocenters. The van der Waals surface area contributed by atoms with Crippen molar-refractivity contribution in [3.8, 4) is 5.75 Å². The lowest BCUT2D eigenvalue weighted by atomic mass is 10.1. The Kier molecular flexibility index (Phi) is 4.12. The summed E-state index contributed by atoms with van der Waals surface area (Å²) in [5, 5.41) is 12.3. The molecule has 100 valence electrons. The van der Waals surface area contributed by atoms with Gasteiger partial charge in [-0.05, 0) is 30.2 Å². The number of hydrogen-bond acceptors (Lipinski definition) is 3. The van der Waals surface area contributed by atoms with Gasteiger partial charge in [0.05, 0.1) is 16.4 Å². The summed E-state index contributed by atoms with van der Waals surface area (Å²) in [6, 6.07) is 9.64. The van der Waals surface area contributed by atoms with E-state index >= 15 is 0 Å². The minimum absolute atomic E-state index is 0.0429. The standard InChI is InChI=1S/C14H14ClFN2O/c15-11-7-14(13(17)8-12(11)16)18-6-5-9-1-3-10(19)4-2-9/h1-4,7-8,18-19H,5-6,17H2. The molecule has 0 amide bonds. The highest BCUT2D eigenvalue weighted by molar-refractivity contribution is 6.31. The third-order valence-corrected chi connectivity index (χ3v) is 3.05. The number of nitrogens with two attached hydrogens (primary N) is 1. The number of rotatable bonds is 4. The molecular weight excluding hydrogens is 267 g/mol. The van der Waals surface area contributed by atoms with Crippen LogP contribution in [0.15, 0.2) is 36.4 Å². The van der Waals surface area contributed by atoms with Gasteiger partial charge in [-0.3, -0.25) is 0 Å². The number of hydrogen-bond donors (Lipinski definition) is 3. The zero-order valence-electron chi connectivity index (χ0n) is 10.2. The van der Waals surface area contributed by atoms with E-state index in [4.69, 9.17) is 17.3 Å². The second kappa shape index (κ2) is 5.80. The third-order valence-electron chi connectivity index (χ3n) is 2.76. The molecule has 19 heavy (non-hydrogen) atoms. The number of phenolic OH excluding ortho intramolecular Hbond substituents is 1. The van der Waals surface area contributed by atoms with E-state index in [1.807, 2.05) is 12.1 Å². The Morgan fingerprint density at radius 1 is 1.21 bits per heavy atom. The number of benzene rings is 2. The summed E-state index contributed by atoms with van der Waals surface area (Å²) >= 11 is 5.70. The van der Waals surface area contributed by atoms with Crippen molar-refractivity contribution >= 4 is 23.0 Å². The van der Waals surface area contributed by atoms with Gasteiger partial charge in [-0.2, -0.15) is 0 Å². The Bertz CT molecular complexity index is 572. The monoisotopic (exact) mass is 280 g/mol. The Morgan fingerprint density at radius 2 is 1.89 bits per heavy atom. The molecule has 0 aliphatic carbocycles. The van der Waals surface area contributed by atoms with E-state index in [9.17, 15) is 9.50 Å². The van der Waals surface area contributed by atoms with Crippen LogP contribution in [0.3, 0.4) is 0 Å². The number of nitrogens with one attached hydrogen (secondary N) is 1. The summed E-state index contributed by atoms with van der Waals surface area (Å²) in [6.45, 7) is 0.636. The maximum absolute atomic E-state index is 13.1. The average Bonchev–Trinajstić information content (AvgIpc) is 2.38. The van der Waals surface area contributed by atoms with Gasteiger partial charge in [0.1, 0.15) is 11.6 Å². The second-order valence-electron chi connectivity index (χ2n) is 4.20. The number of aromatic hydroxyl groups is 1. The molecule has 4 N–H and O–H groups in total. The summed E-state index contributed by atoms with van der Waals surface area (Å²) < 4.78 is 13.1. The van der Waals surface area contributed by atoms with E-state index in [0.29, 0.717) is 17.9 Å². The molecule has 3 nitrogen and oxygen atoms in total. The van der Waals surface area contributed by atoms with Gasteiger partial charge in [0.2, 0.25) is 0 Å². The molecule has 0 saturated heterocycles. The quantitative estimate of drug-likeness (QED) is 0.752. The molecule has 0 saturated carbocycles. The fourth-order valence-electron chi connectivity index (χ4n) is 1.72. The molecule has 0 spiro atoms. The van der Waals surface area contributed by atoms with Crippen LogP contribution in [0.1, 0.15) is 5.56 Å². The van der Waals surface area contributed by atoms with Crippen LogP contribution in [-0.2, 0) is 6.42 Å². The van der Waals surface area contributed by atoms with Gasteiger partial charge in [0, 0.05) is 12.6 Å². The van der Waals surface area contributed by atoms with E-state index in [1.165, 1.54) is 12.1 Å². The highest BCUT2D eigenvalue weighted by atomic mass is 35.5. The van der Waals surface area contributed by atoms with Crippen LogP contribution in [0, 0.1) is 5.82 Å². The fourth-order valence-corrected chi connectivity index (χ4v) is 1.88. The molecule has 0 radical (unpaired) electrons. The molecule has 0 fully saturated rings. The number of anilines is 2. The van der Waals surface area contributed by atoms with E-state index in [1.54, 1.807) is 12.1 Å². The molecule has 0 aliphatic heterocycles. The Labute approximate surface area is 115 Å². The van der Waals surface area contributed by atoms with E-state index < -0.39 is 5.82 Å². The largest absolute Gasteiger partial charge is 0.508 e. The normalized spacial score (nSPS) is 10.4. The molecule has 0 unspecified atom stereocenters. The van der Waals surface area contributed by atoms with Crippen molar-refractivity contribution in [2.24, 2.45) is 0 Å². The van der Waals surface area contributed by atoms with Crippen LogP contribution >= 0.6 is 11.6 Å². The van der Waals surface area contributed by atoms with Gasteiger partial charge in [-0.1, -0.05) is 23.7 Å². The molecule has 5 heteroatoms. The van der Waals surface area contributed by atoms with Gasteiger partial charge in [-0.15, -0.1) is 0 Å². The molecular formula is C14H14ClFN2O. The van der Waals surface area contributed by atoms with Gasteiger partial charge >= 0.3 is 0 Å². The first kappa shape index (κ1) is 13.5. The van der Waals surface area contributed by atoms with Gasteiger partial charge in [0.15, 0.2) is 0 Å². The average molecular weight is 281 g/mol. The van der Waals surface area contributed by atoms with Crippen LogP contribution in [0.25, 0.3) is 0 Å². The second-order valence-corrected chi connectivity index (χ2v) is 4.60. The number of nitrogen functional groups attached to an aromatic ring is 1. The molecule has 0 aliphatic rings. The maximum Gasteiger partial charge on any atom is 0.143 e. The first-order chi connectivity index (χ1) is 9.06. The van der Waals surface area contributed by atoms with Crippen molar-refractivity contribution in [2.75, 3.05) is 17.6 Å². The fraction of sp³-hybridized carbons (Fsp3) is 0.143. The predicted molar refractivity (Wildman–Crippen MR) is 76.1 cm³/mol. The summed E-state index contributed by atoms with van der Waals surface area (Å²) in [5.41, 5.74) is 7.72. The minimum Gasteiger partial charge on any atom is -0.508 e. The van der Waals surface area contributed by atoms with Crippen LogP contribution in [-0.4, -0.2) is 11.7 Å². The van der Waals surface area contributed by atoms with Crippen LogP contribution in [0.2, 0.25) is 5.02 Å². The molecule has 2 aromatic carbocycles. The third kappa shape index (κ3) is 3.51. The van der Waals surface area contributed by atoms with Crippen LogP contribution < -0.4 is 11.1 Å². The van der Waals surface area contributed by atoms with Crippen molar-refractivity contribution in [3.63, 3.8) is 0 Å². The summed E-state index contributed by atoms with van der Waals surface area (Å²) in [7, 11) is 0. The summed E-state index contributed by atoms with van der Waals surface area (Å²) in [6.07, 6.45) is 0.759. The summed E-state index contributed by atoms with van der Waals surface area (Å²) in [4.78, 5) is 0. The number of phenols is 1. The molecule has 2 aromatic rings. The van der Waals surface area contributed by atoms with E-state index in [-0.39, 0.29) is 10.8 Å². The van der Waals surface area contributed by atoms with Crippen molar-refractivity contribution in [1.82, 2.24) is 0 Å². The van der Waals surface area contributed by atoms with Gasteiger partial charge in [0.25, 0.3) is 0 Å². The zero-order valence-corrected chi connectivity index (χ0v) is 10.9. The van der Waals surface area contributed by atoms with Gasteiger partial charge in [-0.25, -0.2) is 4.39 Å². The summed E-state index contributed by atoms with van der Waals surface area (Å²) in [5.74, 6) is -0.283. The van der Waals surface area contributed by atoms with Crippen LogP contribution in [0.4, 0.5) is 15.8 Å². The predicted octanol–water partition coefficient (Wildman–Crippen LogP) is 3.42. The first-order valence-electron chi connectivity index (χ1n) is 5.82. The number of halogens is 2.